The van der Waals surface area contributed by atoms with Crippen molar-refractivity contribution in [2.75, 3.05) is 0 Å². The lowest BCUT2D eigenvalue weighted by atomic mass is 10.1. The molecule has 2 aromatic carbocycles. The van der Waals surface area contributed by atoms with E-state index in [0.717, 1.165) is 26.1 Å². The summed E-state index contributed by atoms with van der Waals surface area (Å²) in [6.07, 6.45) is 0. The lowest BCUT2D eigenvalue weighted by Gasteiger charge is -2.16. The molecule has 0 bridgehead atoms. The zero-order chi connectivity index (χ0) is 13.8. The highest BCUT2D eigenvalue weighted by Gasteiger charge is 2.09. The molecule has 4 heteroatoms. The van der Waals surface area contributed by atoms with Crippen molar-refractivity contribution >= 4 is 43.5 Å². The average molecular weight is 404 g/mol. The van der Waals surface area contributed by atoms with E-state index in [1.807, 2.05) is 30.3 Å². The summed E-state index contributed by atoms with van der Waals surface area (Å²) in [7, 11) is 0. The number of hydrogen-bond donors (Lipinski definition) is 1. The van der Waals surface area contributed by atoms with Crippen molar-refractivity contribution < 1.29 is 0 Å². The van der Waals surface area contributed by atoms with Gasteiger partial charge in [-0.3, -0.25) is 0 Å². The third-order valence-electron chi connectivity index (χ3n) is 2.98. The van der Waals surface area contributed by atoms with Crippen molar-refractivity contribution in [3.8, 4) is 0 Å². The van der Waals surface area contributed by atoms with Crippen LogP contribution in [0.5, 0.6) is 0 Å². The molecule has 0 aliphatic rings. The summed E-state index contributed by atoms with van der Waals surface area (Å²) in [6, 6.07) is 14.3. The van der Waals surface area contributed by atoms with E-state index in [0.29, 0.717) is 0 Å². The average Bonchev–Trinajstić information content (AvgIpc) is 2.40. The van der Waals surface area contributed by atoms with Gasteiger partial charge in [0.05, 0.1) is 0 Å². The molecule has 0 spiro atoms. The molecule has 19 heavy (non-hydrogen) atoms. The van der Waals surface area contributed by atoms with Gasteiger partial charge in [0.1, 0.15) is 0 Å². The van der Waals surface area contributed by atoms with Crippen molar-refractivity contribution in [2.24, 2.45) is 0 Å². The van der Waals surface area contributed by atoms with E-state index in [4.69, 9.17) is 11.6 Å². The van der Waals surface area contributed by atoms with Gasteiger partial charge in [0, 0.05) is 26.6 Å². The Morgan fingerprint density at radius 2 is 1.84 bits per heavy atom. The minimum Gasteiger partial charge on any atom is -0.306 e. The molecular weight excluding hydrogens is 389 g/mol. The second-order valence-corrected chi connectivity index (χ2v) is 6.50. The molecule has 0 amide bonds. The molecule has 1 N–H and O–H groups in total. The molecule has 100 valence electrons. The van der Waals surface area contributed by atoms with E-state index >= 15 is 0 Å². The number of nitrogens with one attached hydrogen (secondary N) is 1. The van der Waals surface area contributed by atoms with E-state index in [-0.39, 0.29) is 6.04 Å². The summed E-state index contributed by atoms with van der Waals surface area (Å²) in [5.74, 6) is 0. The molecule has 2 rings (SSSR count). The normalized spacial score (nSPS) is 12.4. The van der Waals surface area contributed by atoms with Crippen LogP contribution in [0.1, 0.15) is 24.1 Å². The van der Waals surface area contributed by atoms with E-state index in [1.54, 1.807) is 0 Å². The minimum absolute atomic E-state index is 0.265. The number of benzene rings is 2. The Bertz CT molecular complexity index is 572. The summed E-state index contributed by atoms with van der Waals surface area (Å²) >= 11 is 13.1. The van der Waals surface area contributed by atoms with Gasteiger partial charge < -0.3 is 5.32 Å². The van der Waals surface area contributed by atoms with Crippen molar-refractivity contribution in [1.82, 2.24) is 5.32 Å². The Morgan fingerprint density at radius 1 is 1.11 bits per heavy atom. The zero-order valence-electron chi connectivity index (χ0n) is 10.5. The van der Waals surface area contributed by atoms with Crippen LogP contribution >= 0.6 is 43.5 Å². The van der Waals surface area contributed by atoms with Crippen LogP contribution in [0, 0.1) is 0 Å². The zero-order valence-corrected chi connectivity index (χ0v) is 14.4. The van der Waals surface area contributed by atoms with Crippen molar-refractivity contribution in [3.05, 3.63) is 67.6 Å². The van der Waals surface area contributed by atoms with Crippen molar-refractivity contribution in [1.29, 1.82) is 0 Å². The maximum atomic E-state index is 6.02. The Labute approximate surface area is 135 Å². The first-order valence-electron chi connectivity index (χ1n) is 5.99. The minimum atomic E-state index is 0.265. The fraction of sp³-hybridized carbons (Fsp3) is 0.200. The molecule has 0 aliphatic heterocycles. The third kappa shape index (κ3) is 4.06. The van der Waals surface area contributed by atoms with Gasteiger partial charge in [-0.25, -0.2) is 0 Å². The molecule has 0 heterocycles. The smallest absolute Gasteiger partial charge is 0.0410 e. The first-order chi connectivity index (χ1) is 9.08. The molecule has 1 unspecified atom stereocenters. The molecule has 2 aromatic rings. The Kier molecular flexibility index (Phi) is 5.46. The van der Waals surface area contributed by atoms with Crippen LogP contribution in [0.15, 0.2) is 51.4 Å². The van der Waals surface area contributed by atoms with Crippen LogP contribution < -0.4 is 5.32 Å². The van der Waals surface area contributed by atoms with Crippen LogP contribution in [0.3, 0.4) is 0 Å². The van der Waals surface area contributed by atoms with Crippen LogP contribution in [-0.2, 0) is 6.54 Å². The highest BCUT2D eigenvalue weighted by molar-refractivity contribution is 9.10. The number of halogens is 3. The van der Waals surface area contributed by atoms with Crippen LogP contribution in [-0.4, -0.2) is 0 Å². The quantitative estimate of drug-likeness (QED) is 0.689. The maximum absolute atomic E-state index is 6.02. The highest BCUT2D eigenvalue weighted by Crippen LogP contribution is 2.25. The van der Waals surface area contributed by atoms with Gasteiger partial charge in [-0.1, -0.05) is 61.7 Å². The van der Waals surface area contributed by atoms with Crippen molar-refractivity contribution in [3.63, 3.8) is 0 Å². The van der Waals surface area contributed by atoms with Gasteiger partial charge in [-0.15, -0.1) is 0 Å². The second-order valence-electron chi connectivity index (χ2n) is 4.36. The Balaban J connectivity index is 2.06. The van der Waals surface area contributed by atoms with Crippen LogP contribution in [0.2, 0.25) is 5.02 Å². The summed E-state index contributed by atoms with van der Waals surface area (Å²) in [5.41, 5.74) is 2.41. The van der Waals surface area contributed by atoms with Gasteiger partial charge in [0.2, 0.25) is 0 Å². The lowest BCUT2D eigenvalue weighted by Crippen LogP contribution is -2.18. The standard InChI is InChI=1S/C15H14Br2ClN/c1-10(13-4-2-3-5-15(13)17)19-9-11-8-12(18)6-7-14(11)16/h2-8,10,19H,9H2,1H3. The second kappa shape index (κ2) is 6.89. The molecule has 0 aromatic heterocycles. The van der Waals surface area contributed by atoms with E-state index in [2.05, 4.69) is 56.2 Å². The molecule has 1 nitrogen and oxygen atoms in total. The first kappa shape index (κ1) is 15.0. The predicted molar refractivity (Wildman–Crippen MR) is 88.5 cm³/mol. The van der Waals surface area contributed by atoms with E-state index < -0.39 is 0 Å². The Morgan fingerprint density at radius 3 is 2.58 bits per heavy atom. The van der Waals surface area contributed by atoms with E-state index in [1.165, 1.54) is 5.56 Å². The van der Waals surface area contributed by atoms with Crippen LogP contribution in [0.25, 0.3) is 0 Å². The van der Waals surface area contributed by atoms with Gasteiger partial charge in [-0.2, -0.15) is 0 Å². The molecule has 0 saturated heterocycles. The Hall–Kier alpha value is -0.350. The summed E-state index contributed by atoms with van der Waals surface area (Å²) < 4.78 is 2.20. The maximum Gasteiger partial charge on any atom is 0.0410 e. The molecule has 0 saturated carbocycles. The topological polar surface area (TPSA) is 12.0 Å². The number of hydrogen-bond acceptors (Lipinski definition) is 1. The lowest BCUT2D eigenvalue weighted by molar-refractivity contribution is 0.572. The van der Waals surface area contributed by atoms with Gasteiger partial charge in [0.15, 0.2) is 0 Å². The van der Waals surface area contributed by atoms with Crippen LogP contribution in [0.4, 0.5) is 0 Å². The van der Waals surface area contributed by atoms with Crippen molar-refractivity contribution in [2.45, 2.75) is 19.5 Å². The van der Waals surface area contributed by atoms with Gasteiger partial charge in [-0.05, 0) is 42.3 Å². The molecule has 0 radical (unpaired) electrons. The molecule has 0 fully saturated rings. The number of rotatable bonds is 4. The first-order valence-corrected chi connectivity index (χ1v) is 7.96. The summed E-state index contributed by atoms with van der Waals surface area (Å²) in [4.78, 5) is 0. The van der Waals surface area contributed by atoms with Gasteiger partial charge >= 0.3 is 0 Å². The highest BCUT2D eigenvalue weighted by atomic mass is 79.9. The molecular formula is C15H14Br2ClN. The summed E-state index contributed by atoms with van der Waals surface area (Å²) in [6.45, 7) is 2.92. The predicted octanol–water partition coefficient (Wildman–Crippen LogP) is 5.72. The third-order valence-corrected chi connectivity index (χ3v) is 4.71. The summed E-state index contributed by atoms with van der Waals surface area (Å²) in [5, 5.41) is 4.26. The van der Waals surface area contributed by atoms with Gasteiger partial charge in [0.25, 0.3) is 0 Å². The molecule has 0 aliphatic carbocycles. The fourth-order valence-electron chi connectivity index (χ4n) is 1.88. The fourth-order valence-corrected chi connectivity index (χ4v) is 3.09. The molecule has 1 atom stereocenters. The van der Waals surface area contributed by atoms with E-state index in [9.17, 15) is 0 Å². The monoisotopic (exact) mass is 401 g/mol. The largest absolute Gasteiger partial charge is 0.306 e. The SMILES string of the molecule is CC(NCc1cc(Cl)ccc1Br)c1ccccc1Br.